The molecular formula is C23H27NO6S. The molecule has 7 nitrogen and oxygen atoms in total. The minimum Gasteiger partial charge on any atom is -0.452 e. The van der Waals surface area contributed by atoms with Crippen LogP contribution in [0.25, 0.3) is 0 Å². The van der Waals surface area contributed by atoms with Gasteiger partial charge in [-0.05, 0) is 61.9 Å². The van der Waals surface area contributed by atoms with Gasteiger partial charge in [0.15, 0.2) is 12.4 Å². The number of ether oxygens (including phenoxy) is 1. The Balaban J connectivity index is 1.72. The van der Waals surface area contributed by atoms with Crippen LogP contribution in [0.5, 0.6) is 5.75 Å². The number of esters is 1. The molecule has 0 N–H and O–H groups in total. The zero-order valence-electron chi connectivity index (χ0n) is 18.0. The number of carbonyl (C=O) groups is 2. The van der Waals surface area contributed by atoms with Crippen LogP contribution in [0.15, 0.2) is 47.4 Å². The van der Waals surface area contributed by atoms with E-state index in [9.17, 15) is 18.0 Å². The van der Waals surface area contributed by atoms with Crippen molar-refractivity contribution in [2.24, 2.45) is 5.92 Å². The predicted molar refractivity (Wildman–Crippen MR) is 115 cm³/mol. The lowest BCUT2D eigenvalue weighted by Gasteiger charge is -2.30. The third-order valence-corrected chi connectivity index (χ3v) is 6.76. The zero-order chi connectivity index (χ0) is 22.6. The molecule has 1 aliphatic rings. The lowest BCUT2D eigenvalue weighted by Crippen LogP contribution is -2.40. The van der Waals surface area contributed by atoms with Crippen LogP contribution in [-0.2, 0) is 19.6 Å². The molecule has 0 bridgehead atoms. The van der Waals surface area contributed by atoms with Gasteiger partial charge in [-0.3, -0.25) is 4.79 Å². The van der Waals surface area contributed by atoms with Gasteiger partial charge >= 0.3 is 16.1 Å². The summed E-state index contributed by atoms with van der Waals surface area (Å²) in [5.41, 5.74) is 1.25. The van der Waals surface area contributed by atoms with Crippen LogP contribution in [0.1, 0.15) is 41.3 Å². The molecule has 8 heteroatoms. The second kappa shape index (κ2) is 9.51. The maximum atomic E-state index is 12.8. The van der Waals surface area contributed by atoms with Crippen LogP contribution in [0.3, 0.4) is 0 Å². The monoisotopic (exact) mass is 445 g/mol. The second-order valence-corrected chi connectivity index (χ2v) is 9.46. The fourth-order valence-corrected chi connectivity index (χ4v) is 4.67. The molecule has 0 spiro atoms. The number of hydrogen-bond acceptors (Lipinski definition) is 6. The second-order valence-electron chi connectivity index (χ2n) is 7.94. The van der Waals surface area contributed by atoms with E-state index in [4.69, 9.17) is 8.92 Å². The van der Waals surface area contributed by atoms with Gasteiger partial charge < -0.3 is 13.8 Å². The molecule has 3 rings (SSSR count). The van der Waals surface area contributed by atoms with E-state index in [2.05, 4.69) is 6.92 Å². The summed E-state index contributed by atoms with van der Waals surface area (Å²) in [5.74, 6) is -0.644. The Morgan fingerprint density at radius 1 is 1.06 bits per heavy atom. The molecule has 0 aromatic heterocycles. The summed E-state index contributed by atoms with van der Waals surface area (Å²) in [6.07, 6.45) is 1.85. The molecule has 0 aliphatic carbocycles. The molecule has 1 amide bonds. The summed E-state index contributed by atoms with van der Waals surface area (Å²) >= 11 is 0. The van der Waals surface area contributed by atoms with E-state index in [1.807, 2.05) is 0 Å². The molecule has 166 valence electrons. The third kappa shape index (κ3) is 5.64. The van der Waals surface area contributed by atoms with Crippen LogP contribution in [-0.4, -0.2) is 44.9 Å². The van der Waals surface area contributed by atoms with Gasteiger partial charge in [-0.1, -0.05) is 31.2 Å². The van der Waals surface area contributed by atoms with Gasteiger partial charge in [0.2, 0.25) is 0 Å². The van der Waals surface area contributed by atoms with Crippen LogP contribution in [0.2, 0.25) is 0 Å². The number of amides is 1. The van der Waals surface area contributed by atoms with Gasteiger partial charge in [0, 0.05) is 13.1 Å². The third-order valence-electron chi connectivity index (χ3n) is 5.38. The number of carbonyl (C=O) groups excluding carboxylic acids is 2. The van der Waals surface area contributed by atoms with E-state index in [-0.39, 0.29) is 22.1 Å². The molecule has 0 atom stereocenters. The normalized spacial score (nSPS) is 14.9. The molecule has 2 aromatic carbocycles. The maximum absolute atomic E-state index is 12.8. The predicted octanol–water partition coefficient (Wildman–Crippen LogP) is 3.49. The highest BCUT2D eigenvalue weighted by atomic mass is 32.2. The summed E-state index contributed by atoms with van der Waals surface area (Å²) in [7, 11) is -4.16. The molecule has 31 heavy (non-hydrogen) atoms. The highest BCUT2D eigenvalue weighted by Crippen LogP contribution is 2.26. The Labute approximate surface area is 183 Å². The maximum Gasteiger partial charge on any atom is 0.342 e. The summed E-state index contributed by atoms with van der Waals surface area (Å²) in [4.78, 5) is 26.6. The van der Waals surface area contributed by atoms with Crippen LogP contribution >= 0.6 is 0 Å². The van der Waals surface area contributed by atoms with Crippen molar-refractivity contribution in [2.45, 2.75) is 38.5 Å². The number of para-hydroxylation sites is 1. The largest absolute Gasteiger partial charge is 0.452 e. The van der Waals surface area contributed by atoms with Gasteiger partial charge in [0.05, 0.1) is 0 Å². The lowest BCUT2D eigenvalue weighted by molar-refractivity contribution is -0.135. The minimum atomic E-state index is -4.16. The summed E-state index contributed by atoms with van der Waals surface area (Å²) < 4.78 is 36.1. The van der Waals surface area contributed by atoms with Crippen molar-refractivity contribution in [1.82, 2.24) is 4.90 Å². The van der Waals surface area contributed by atoms with Crippen molar-refractivity contribution < 1.29 is 26.9 Å². The van der Waals surface area contributed by atoms with Crippen molar-refractivity contribution in [3.05, 3.63) is 59.2 Å². The van der Waals surface area contributed by atoms with Gasteiger partial charge in [-0.2, -0.15) is 8.42 Å². The van der Waals surface area contributed by atoms with E-state index in [0.29, 0.717) is 24.6 Å². The number of rotatable bonds is 6. The average Bonchev–Trinajstić information content (AvgIpc) is 2.74. The molecule has 1 fully saturated rings. The Kier molecular flexibility index (Phi) is 7.00. The first-order chi connectivity index (χ1) is 14.7. The molecule has 1 heterocycles. The standard InChI is InChI=1S/C23H27NO6S/c1-16-10-12-24(13-11-16)22(25)15-29-23(26)19-6-4-5-7-20(19)30-31(27,28)21-14-17(2)8-9-18(21)3/h4-9,14,16H,10-13,15H2,1-3H3. The smallest absolute Gasteiger partial charge is 0.342 e. The Bertz CT molecular complexity index is 1070. The first kappa shape index (κ1) is 22.8. The zero-order valence-corrected chi connectivity index (χ0v) is 18.8. The molecule has 0 radical (unpaired) electrons. The summed E-state index contributed by atoms with van der Waals surface area (Å²) in [6, 6.07) is 10.9. The first-order valence-electron chi connectivity index (χ1n) is 10.2. The number of likely N-dealkylation sites (tertiary alicyclic amines) is 1. The molecular weight excluding hydrogens is 418 g/mol. The summed E-state index contributed by atoms with van der Waals surface area (Å²) in [5, 5.41) is 0. The van der Waals surface area contributed by atoms with Crippen molar-refractivity contribution in [3.63, 3.8) is 0 Å². The van der Waals surface area contributed by atoms with Crippen LogP contribution in [0.4, 0.5) is 0 Å². The van der Waals surface area contributed by atoms with Crippen LogP contribution < -0.4 is 4.18 Å². The molecule has 2 aromatic rings. The highest BCUT2D eigenvalue weighted by Gasteiger charge is 2.25. The lowest BCUT2D eigenvalue weighted by atomic mass is 9.99. The van der Waals surface area contributed by atoms with E-state index < -0.39 is 22.7 Å². The number of hydrogen-bond donors (Lipinski definition) is 0. The molecule has 1 saturated heterocycles. The first-order valence-corrected chi connectivity index (χ1v) is 11.6. The quantitative estimate of drug-likeness (QED) is 0.499. The van der Waals surface area contributed by atoms with Crippen LogP contribution in [0, 0.1) is 19.8 Å². The average molecular weight is 446 g/mol. The van der Waals surface area contributed by atoms with E-state index in [0.717, 1.165) is 18.4 Å². The highest BCUT2D eigenvalue weighted by molar-refractivity contribution is 7.87. The fourth-order valence-electron chi connectivity index (χ4n) is 3.40. The van der Waals surface area contributed by atoms with E-state index >= 15 is 0 Å². The van der Waals surface area contributed by atoms with Gasteiger partial charge in [-0.25, -0.2) is 4.79 Å². The molecule has 0 saturated carbocycles. The number of piperidine rings is 1. The molecule has 1 aliphatic heterocycles. The van der Waals surface area contributed by atoms with E-state index in [1.165, 1.54) is 18.2 Å². The molecule has 0 unspecified atom stereocenters. The van der Waals surface area contributed by atoms with Gasteiger partial charge in [-0.15, -0.1) is 0 Å². The number of nitrogens with zero attached hydrogens (tertiary/aromatic N) is 1. The number of benzene rings is 2. The van der Waals surface area contributed by atoms with Gasteiger partial charge in [0.1, 0.15) is 10.5 Å². The fraction of sp³-hybridized carbons (Fsp3) is 0.391. The van der Waals surface area contributed by atoms with E-state index in [1.54, 1.807) is 43.0 Å². The Hall–Kier alpha value is -2.87. The van der Waals surface area contributed by atoms with Crippen molar-refractivity contribution in [3.8, 4) is 5.75 Å². The Morgan fingerprint density at radius 3 is 2.45 bits per heavy atom. The number of aryl methyl sites for hydroxylation is 2. The Morgan fingerprint density at radius 2 is 1.74 bits per heavy atom. The summed E-state index contributed by atoms with van der Waals surface area (Å²) in [6.45, 7) is 6.49. The topological polar surface area (TPSA) is 90.0 Å². The van der Waals surface area contributed by atoms with Crippen molar-refractivity contribution >= 4 is 22.0 Å². The SMILES string of the molecule is Cc1ccc(C)c(S(=O)(=O)Oc2ccccc2C(=O)OCC(=O)N2CCC(C)CC2)c1. The van der Waals surface area contributed by atoms with Crippen molar-refractivity contribution in [1.29, 1.82) is 0 Å². The van der Waals surface area contributed by atoms with Gasteiger partial charge in [0.25, 0.3) is 5.91 Å². The van der Waals surface area contributed by atoms with Crippen molar-refractivity contribution in [2.75, 3.05) is 19.7 Å². The minimum absolute atomic E-state index is 0.0326.